The smallest absolute Gasteiger partial charge is 0.246 e. The average molecular weight is 495 g/mol. The molecule has 2 amide bonds. The lowest BCUT2D eigenvalue weighted by molar-refractivity contribution is -0.136. The molecule has 8 nitrogen and oxygen atoms in total. The van der Waals surface area contributed by atoms with Crippen molar-refractivity contribution in [2.45, 2.75) is 37.6 Å². The number of aromatic nitrogens is 2. The highest BCUT2D eigenvalue weighted by molar-refractivity contribution is 6.31. The second kappa shape index (κ2) is 10.3. The zero-order valence-corrected chi connectivity index (χ0v) is 20.6. The van der Waals surface area contributed by atoms with E-state index in [4.69, 9.17) is 11.6 Å². The van der Waals surface area contributed by atoms with Gasteiger partial charge in [-0.25, -0.2) is 9.97 Å². The largest absolute Gasteiger partial charge is 0.340 e. The summed E-state index contributed by atoms with van der Waals surface area (Å²) in [6.07, 6.45) is 8.16. The minimum Gasteiger partial charge on any atom is -0.340 e. The van der Waals surface area contributed by atoms with Gasteiger partial charge in [-0.15, -0.1) is 0 Å². The number of hydrogen-bond donors (Lipinski definition) is 1. The number of anilines is 2. The molecule has 0 unspecified atom stereocenters. The molecule has 3 aliphatic rings. The summed E-state index contributed by atoms with van der Waals surface area (Å²) in [4.78, 5) is 39.4. The number of nitrogens with zero attached hydrogens (tertiary/aromatic N) is 5. The van der Waals surface area contributed by atoms with Gasteiger partial charge in [0.2, 0.25) is 17.8 Å². The zero-order chi connectivity index (χ0) is 24.4. The quantitative estimate of drug-likeness (QED) is 0.567. The Morgan fingerprint density at radius 3 is 2.46 bits per heavy atom. The van der Waals surface area contributed by atoms with Crippen LogP contribution in [0, 0.1) is 0 Å². The van der Waals surface area contributed by atoms with Gasteiger partial charge >= 0.3 is 0 Å². The van der Waals surface area contributed by atoms with Crippen molar-refractivity contribution in [3.05, 3.63) is 59.4 Å². The van der Waals surface area contributed by atoms with E-state index in [1.807, 2.05) is 15.9 Å². The third-order valence-electron chi connectivity index (χ3n) is 7.19. The molecule has 2 saturated heterocycles. The number of likely N-dealkylation sites (tertiary alicyclic amines) is 1. The lowest BCUT2D eigenvalue weighted by Gasteiger charge is -2.47. The van der Waals surface area contributed by atoms with Crippen molar-refractivity contribution in [2.24, 2.45) is 0 Å². The third-order valence-corrected chi connectivity index (χ3v) is 7.52. The van der Waals surface area contributed by atoms with Crippen LogP contribution in [0.1, 0.15) is 36.3 Å². The molecule has 1 saturated carbocycles. The Morgan fingerprint density at radius 1 is 1.09 bits per heavy atom. The van der Waals surface area contributed by atoms with Crippen LogP contribution in [-0.4, -0.2) is 81.8 Å². The summed E-state index contributed by atoms with van der Waals surface area (Å²) in [6.45, 7) is 8.19. The van der Waals surface area contributed by atoms with Gasteiger partial charge in [-0.1, -0.05) is 24.2 Å². The molecule has 184 valence electrons. The first-order chi connectivity index (χ1) is 17.0. The van der Waals surface area contributed by atoms with E-state index in [-0.39, 0.29) is 11.8 Å². The van der Waals surface area contributed by atoms with E-state index < -0.39 is 0 Å². The van der Waals surface area contributed by atoms with Crippen molar-refractivity contribution in [1.82, 2.24) is 24.7 Å². The van der Waals surface area contributed by atoms with Crippen LogP contribution in [-0.2, 0) is 16.0 Å². The molecule has 1 aromatic heterocycles. The van der Waals surface area contributed by atoms with Gasteiger partial charge in [0.15, 0.2) is 0 Å². The van der Waals surface area contributed by atoms with E-state index in [1.54, 1.807) is 18.5 Å². The number of carbonyl (C=O) groups is 2. The normalized spacial score (nSPS) is 18.8. The van der Waals surface area contributed by atoms with Crippen LogP contribution in [0.25, 0.3) is 0 Å². The molecule has 2 aliphatic heterocycles. The molecule has 9 heteroatoms. The lowest BCUT2D eigenvalue weighted by atomic mass is 10.0. The lowest BCUT2D eigenvalue weighted by Crippen LogP contribution is -2.64. The Labute approximate surface area is 211 Å². The van der Waals surface area contributed by atoms with Crippen LogP contribution in [0.3, 0.4) is 0 Å². The molecular weight excluding hydrogens is 464 g/mol. The fraction of sp³-hybridized carbons (Fsp3) is 0.462. The number of carbonyl (C=O) groups excluding carboxylic acids is 2. The molecule has 1 N–H and O–H groups in total. The maximum absolute atomic E-state index is 13.1. The van der Waals surface area contributed by atoms with Gasteiger partial charge in [0, 0.05) is 74.8 Å². The van der Waals surface area contributed by atoms with Crippen molar-refractivity contribution in [3.8, 4) is 0 Å². The number of benzene rings is 1. The van der Waals surface area contributed by atoms with Gasteiger partial charge in [-0.05, 0) is 54.5 Å². The van der Waals surface area contributed by atoms with Crippen LogP contribution in [0.15, 0.2) is 43.2 Å². The number of piperazine rings is 1. The minimum absolute atomic E-state index is 0.00482. The van der Waals surface area contributed by atoms with Gasteiger partial charge < -0.3 is 15.1 Å². The number of amides is 2. The summed E-state index contributed by atoms with van der Waals surface area (Å²) in [5.74, 6) is 1.20. The Morgan fingerprint density at radius 2 is 1.80 bits per heavy atom. The summed E-state index contributed by atoms with van der Waals surface area (Å²) in [6, 6.07) is 6.27. The Hall–Kier alpha value is -2.97. The van der Waals surface area contributed by atoms with Crippen molar-refractivity contribution in [2.75, 3.05) is 44.6 Å². The molecule has 0 radical (unpaired) electrons. The predicted octanol–water partition coefficient (Wildman–Crippen LogP) is 3.22. The molecule has 0 spiro atoms. The predicted molar refractivity (Wildman–Crippen MR) is 136 cm³/mol. The first-order valence-electron chi connectivity index (χ1n) is 12.3. The number of halogens is 1. The highest BCUT2D eigenvalue weighted by Crippen LogP contribution is 2.45. The standard InChI is InChI=1S/C26H31ClN6O2/c1-2-24(34)33-16-20(17-33)31-10-12-32(13-11-31)25(35)7-6-19-14-21(18-4-5-18)22(27)15-23(19)30-26-28-8-3-9-29-26/h2-3,8-9,14-15,18,20H,1,4-7,10-13,16-17H2,(H,28,29,30). The fourth-order valence-electron chi connectivity index (χ4n) is 4.88. The summed E-state index contributed by atoms with van der Waals surface area (Å²) >= 11 is 6.59. The van der Waals surface area contributed by atoms with Gasteiger partial charge in [0.1, 0.15) is 0 Å². The van der Waals surface area contributed by atoms with E-state index >= 15 is 0 Å². The molecule has 2 aromatic rings. The zero-order valence-electron chi connectivity index (χ0n) is 19.8. The van der Waals surface area contributed by atoms with E-state index in [2.05, 4.69) is 32.8 Å². The van der Waals surface area contributed by atoms with Crippen molar-refractivity contribution < 1.29 is 9.59 Å². The molecule has 0 atom stereocenters. The van der Waals surface area contributed by atoms with Gasteiger partial charge in [-0.2, -0.15) is 0 Å². The van der Waals surface area contributed by atoms with Gasteiger partial charge in [-0.3, -0.25) is 14.5 Å². The molecule has 5 rings (SSSR count). The second-order valence-corrected chi connectivity index (χ2v) is 9.93. The van der Waals surface area contributed by atoms with E-state index in [9.17, 15) is 9.59 Å². The van der Waals surface area contributed by atoms with Crippen LogP contribution >= 0.6 is 11.6 Å². The maximum Gasteiger partial charge on any atom is 0.246 e. The Bertz CT molecular complexity index is 1090. The number of rotatable bonds is 8. The molecular formula is C26H31ClN6O2. The molecule has 1 aromatic carbocycles. The monoisotopic (exact) mass is 494 g/mol. The maximum atomic E-state index is 13.1. The van der Waals surface area contributed by atoms with E-state index in [0.717, 1.165) is 68.4 Å². The number of aryl methyl sites for hydroxylation is 1. The summed E-state index contributed by atoms with van der Waals surface area (Å²) in [7, 11) is 0. The van der Waals surface area contributed by atoms with Gasteiger partial charge in [0.25, 0.3) is 0 Å². The third kappa shape index (κ3) is 5.49. The molecule has 0 bridgehead atoms. The molecule has 3 heterocycles. The van der Waals surface area contributed by atoms with E-state index in [0.29, 0.717) is 30.7 Å². The molecule has 1 aliphatic carbocycles. The minimum atomic E-state index is -0.00482. The van der Waals surface area contributed by atoms with Crippen LogP contribution in [0.5, 0.6) is 0 Å². The summed E-state index contributed by atoms with van der Waals surface area (Å²) in [5, 5.41) is 4.03. The second-order valence-electron chi connectivity index (χ2n) is 9.52. The van der Waals surface area contributed by atoms with Crippen molar-refractivity contribution >= 4 is 35.1 Å². The first-order valence-corrected chi connectivity index (χ1v) is 12.7. The fourth-order valence-corrected chi connectivity index (χ4v) is 5.20. The average Bonchev–Trinajstić information content (AvgIpc) is 3.69. The van der Waals surface area contributed by atoms with Crippen LogP contribution in [0.4, 0.5) is 11.6 Å². The van der Waals surface area contributed by atoms with Crippen molar-refractivity contribution in [1.29, 1.82) is 0 Å². The summed E-state index contributed by atoms with van der Waals surface area (Å²) < 4.78 is 0. The SMILES string of the molecule is C=CC(=O)N1CC(N2CCN(C(=O)CCc3cc(C4CC4)c(Cl)cc3Nc3ncccn3)CC2)C1. The molecule has 3 fully saturated rings. The highest BCUT2D eigenvalue weighted by Gasteiger charge is 2.35. The van der Waals surface area contributed by atoms with Crippen LogP contribution < -0.4 is 5.32 Å². The topological polar surface area (TPSA) is 81.7 Å². The van der Waals surface area contributed by atoms with Crippen LogP contribution in [0.2, 0.25) is 5.02 Å². The highest BCUT2D eigenvalue weighted by atomic mass is 35.5. The van der Waals surface area contributed by atoms with Gasteiger partial charge in [0.05, 0.1) is 0 Å². The number of hydrogen-bond acceptors (Lipinski definition) is 6. The Kier molecular flexibility index (Phi) is 7.02. The van der Waals surface area contributed by atoms with Crippen molar-refractivity contribution in [3.63, 3.8) is 0 Å². The number of nitrogens with one attached hydrogen (secondary N) is 1. The Balaban J connectivity index is 1.18. The van der Waals surface area contributed by atoms with E-state index in [1.165, 1.54) is 11.6 Å². The molecule has 35 heavy (non-hydrogen) atoms. The first kappa shape index (κ1) is 23.8. The summed E-state index contributed by atoms with van der Waals surface area (Å²) in [5.41, 5.74) is 3.09.